The normalized spacial score (nSPS) is 14.3. The molecule has 10 heavy (non-hydrogen) atoms. The second-order valence-corrected chi connectivity index (χ2v) is 3.02. The molecule has 1 unspecified atom stereocenters. The summed E-state index contributed by atoms with van der Waals surface area (Å²) in [6.07, 6.45) is -0.657. The molecule has 0 amide bonds. The van der Waals surface area contributed by atoms with Crippen LogP contribution in [0.25, 0.3) is 0 Å². The fourth-order valence-electron chi connectivity index (χ4n) is 0.468. The van der Waals surface area contributed by atoms with Gasteiger partial charge in [0.25, 0.3) is 0 Å². The Kier molecular flexibility index (Phi) is 3.34. The predicted molar refractivity (Wildman–Crippen MR) is 37.1 cm³/mol. The molecule has 1 atom stereocenters. The Labute approximate surface area is 60.9 Å². The Morgan fingerprint density at radius 2 is 2.10 bits per heavy atom. The van der Waals surface area contributed by atoms with Gasteiger partial charge >= 0.3 is 0 Å². The van der Waals surface area contributed by atoms with Crippen LogP contribution in [0, 0.1) is 16.7 Å². The van der Waals surface area contributed by atoms with Crippen LogP contribution in [-0.4, -0.2) is 22.9 Å². The Morgan fingerprint density at radius 1 is 1.60 bits per heavy atom. The van der Waals surface area contributed by atoms with Crippen LogP contribution in [0.15, 0.2) is 0 Å². The van der Waals surface area contributed by atoms with Crippen molar-refractivity contribution < 1.29 is 10.2 Å². The summed E-state index contributed by atoms with van der Waals surface area (Å²) < 4.78 is 0. The van der Waals surface area contributed by atoms with E-state index in [1.165, 1.54) is 0 Å². The van der Waals surface area contributed by atoms with E-state index in [4.69, 9.17) is 10.4 Å². The first-order valence-electron chi connectivity index (χ1n) is 3.20. The zero-order valence-electron chi connectivity index (χ0n) is 6.33. The van der Waals surface area contributed by atoms with Crippen LogP contribution in [0.5, 0.6) is 0 Å². The van der Waals surface area contributed by atoms with Crippen LogP contribution in [0.1, 0.15) is 20.3 Å². The van der Waals surface area contributed by atoms with Crippen LogP contribution < -0.4 is 0 Å². The third-order valence-corrected chi connectivity index (χ3v) is 1.59. The van der Waals surface area contributed by atoms with E-state index in [0.29, 0.717) is 0 Å². The molecule has 0 bridgehead atoms. The molecule has 0 radical (unpaired) electrons. The minimum Gasteiger partial charge on any atom is -0.396 e. The van der Waals surface area contributed by atoms with Crippen molar-refractivity contribution in [3.8, 4) is 6.07 Å². The lowest BCUT2D eigenvalue weighted by atomic mass is 9.86. The van der Waals surface area contributed by atoms with Crippen LogP contribution in [0.3, 0.4) is 0 Å². The molecule has 0 spiro atoms. The van der Waals surface area contributed by atoms with Crippen molar-refractivity contribution in [2.45, 2.75) is 26.4 Å². The maximum absolute atomic E-state index is 9.19. The molecular weight excluding hydrogens is 130 g/mol. The second-order valence-electron chi connectivity index (χ2n) is 3.02. The van der Waals surface area contributed by atoms with Gasteiger partial charge in [-0.1, -0.05) is 13.8 Å². The van der Waals surface area contributed by atoms with Gasteiger partial charge in [0.15, 0.2) is 0 Å². The fourth-order valence-corrected chi connectivity index (χ4v) is 0.468. The van der Waals surface area contributed by atoms with Crippen molar-refractivity contribution >= 4 is 0 Å². The zero-order chi connectivity index (χ0) is 8.20. The molecule has 0 aliphatic rings. The van der Waals surface area contributed by atoms with Gasteiger partial charge in [-0.15, -0.1) is 0 Å². The molecule has 0 saturated carbocycles. The Balaban J connectivity index is 3.93. The molecule has 0 fully saturated rings. The summed E-state index contributed by atoms with van der Waals surface area (Å²) in [5, 5.41) is 26.1. The molecule has 3 heteroatoms. The van der Waals surface area contributed by atoms with Crippen molar-refractivity contribution in [3.63, 3.8) is 0 Å². The standard InChI is InChI=1S/C7H13NO2/c1-7(2,5-9)6(10)3-4-8/h6,9-10H,3,5H2,1-2H3. The van der Waals surface area contributed by atoms with Crippen molar-refractivity contribution in [3.05, 3.63) is 0 Å². The van der Waals surface area contributed by atoms with E-state index in [-0.39, 0.29) is 13.0 Å². The third kappa shape index (κ3) is 2.34. The molecule has 0 aromatic heterocycles. The van der Waals surface area contributed by atoms with Gasteiger partial charge in [0, 0.05) is 5.41 Å². The molecule has 0 saturated heterocycles. The maximum atomic E-state index is 9.19. The number of rotatable bonds is 3. The van der Waals surface area contributed by atoms with Crippen LogP contribution in [0.4, 0.5) is 0 Å². The highest BCUT2D eigenvalue weighted by Crippen LogP contribution is 2.21. The average molecular weight is 143 g/mol. The molecule has 0 aromatic rings. The predicted octanol–water partition coefficient (Wildman–Crippen LogP) is 0.279. The lowest BCUT2D eigenvalue weighted by Gasteiger charge is -2.25. The SMILES string of the molecule is CC(C)(CO)C(O)CC#N. The average Bonchev–Trinajstić information content (AvgIpc) is 1.89. The number of aliphatic hydroxyl groups excluding tert-OH is 2. The van der Waals surface area contributed by atoms with Crippen LogP contribution in [0.2, 0.25) is 0 Å². The summed E-state index contributed by atoms with van der Waals surface area (Å²) in [6.45, 7) is 3.33. The molecule has 0 aliphatic carbocycles. The number of nitrogens with zero attached hydrogens (tertiary/aromatic N) is 1. The van der Waals surface area contributed by atoms with E-state index in [9.17, 15) is 5.11 Å². The molecule has 2 N–H and O–H groups in total. The molecule has 3 nitrogen and oxygen atoms in total. The monoisotopic (exact) mass is 143 g/mol. The number of aliphatic hydroxyl groups is 2. The quantitative estimate of drug-likeness (QED) is 0.596. The Bertz CT molecular complexity index is 137. The van der Waals surface area contributed by atoms with E-state index in [0.717, 1.165) is 0 Å². The van der Waals surface area contributed by atoms with Gasteiger partial charge in [-0.2, -0.15) is 5.26 Å². The smallest absolute Gasteiger partial charge is 0.0742 e. The van der Waals surface area contributed by atoms with Crippen LogP contribution in [-0.2, 0) is 0 Å². The number of nitriles is 1. The van der Waals surface area contributed by atoms with E-state index < -0.39 is 11.5 Å². The minimum atomic E-state index is -0.734. The van der Waals surface area contributed by atoms with E-state index in [1.54, 1.807) is 13.8 Å². The van der Waals surface area contributed by atoms with Crippen molar-refractivity contribution in [2.75, 3.05) is 6.61 Å². The Morgan fingerprint density at radius 3 is 2.40 bits per heavy atom. The van der Waals surface area contributed by atoms with Crippen molar-refractivity contribution in [2.24, 2.45) is 5.41 Å². The minimum absolute atomic E-state index is 0.0769. The van der Waals surface area contributed by atoms with Gasteiger partial charge in [0.1, 0.15) is 0 Å². The van der Waals surface area contributed by atoms with Crippen molar-refractivity contribution in [1.82, 2.24) is 0 Å². The van der Waals surface area contributed by atoms with Crippen molar-refractivity contribution in [1.29, 1.82) is 5.26 Å². The highest BCUT2D eigenvalue weighted by Gasteiger charge is 2.26. The molecule has 58 valence electrons. The van der Waals surface area contributed by atoms with Gasteiger partial charge < -0.3 is 10.2 Å². The molecular formula is C7H13NO2. The summed E-state index contributed by atoms with van der Waals surface area (Å²) in [7, 11) is 0. The summed E-state index contributed by atoms with van der Waals surface area (Å²) in [5.74, 6) is 0. The van der Waals surface area contributed by atoms with Crippen LogP contribution >= 0.6 is 0 Å². The summed E-state index contributed by atoms with van der Waals surface area (Å²) >= 11 is 0. The highest BCUT2D eigenvalue weighted by molar-refractivity contribution is 4.84. The molecule has 0 aliphatic heterocycles. The summed E-state index contributed by atoms with van der Waals surface area (Å²) in [6, 6.07) is 1.85. The molecule has 0 heterocycles. The molecule has 0 aromatic carbocycles. The highest BCUT2D eigenvalue weighted by atomic mass is 16.3. The van der Waals surface area contributed by atoms with E-state index in [2.05, 4.69) is 0 Å². The second kappa shape index (κ2) is 3.55. The Hall–Kier alpha value is -0.590. The molecule has 0 rings (SSSR count). The number of hydrogen-bond acceptors (Lipinski definition) is 3. The van der Waals surface area contributed by atoms with Gasteiger partial charge in [0.05, 0.1) is 25.2 Å². The van der Waals surface area contributed by atoms with Gasteiger partial charge in [-0.3, -0.25) is 0 Å². The van der Waals surface area contributed by atoms with E-state index >= 15 is 0 Å². The lowest BCUT2D eigenvalue weighted by Crippen LogP contribution is -2.32. The third-order valence-electron chi connectivity index (χ3n) is 1.59. The van der Waals surface area contributed by atoms with Gasteiger partial charge in [-0.05, 0) is 0 Å². The summed E-state index contributed by atoms with van der Waals surface area (Å²) in [5.41, 5.74) is -0.560. The lowest BCUT2D eigenvalue weighted by molar-refractivity contribution is 0.0112. The van der Waals surface area contributed by atoms with E-state index in [1.807, 2.05) is 6.07 Å². The van der Waals surface area contributed by atoms with Gasteiger partial charge in [0.2, 0.25) is 0 Å². The van der Waals surface area contributed by atoms with Gasteiger partial charge in [-0.25, -0.2) is 0 Å². The first-order chi connectivity index (χ1) is 4.54. The maximum Gasteiger partial charge on any atom is 0.0742 e. The summed E-state index contributed by atoms with van der Waals surface area (Å²) in [4.78, 5) is 0. The zero-order valence-corrected chi connectivity index (χ0v) is 6.33. The first-order valence-corrected chi connectivity index (χ1v) is 3.20. The first kappa shape index (κ1) is 9.41. The largest absolute Gasteiger partial charge is 0.396 e. The fraction of sp³-hybridized carbons (Fsp3) is 0.857. The number of hydrogen-bond donors (Lipinski definition) is 2. The topological polar surface area (TPSA) is 64.2 Å².